The van der Waals surface area contributed by atoms with Gasteiger partial charge in [0.1, 0.15) is 11.3 Å². The minimum Gasteiger partial charge on any atom is -0.448 e. The molecule has 0 N–H and O–H groups in total. The zero-order chi connectivity index (χ0) is 23.9. The summed E-state index contributed by atoms with van der Waals surface area (Å²) in [5.41, 5.74) is -0.216. The molecule has 174 valence electrons. The number of fused-ring (bicyclic) bond motifs is 1. The van der Waals surface area contributed by atoms with Gasteiger partial charge in [-0.2, -0.15) is 4.31 Å². The molecule has 0 atom stereocenters. The normalized spacial score (nSPS) is 15.6. The second-order valence-corrected chi connectivity index (χ2v) is 10.4. The molecule has 3 aromatic rings. The van der Waals surface area contributed by atoms with Crippen LogP contribution >= 0.6 is 11.6 Å². The summed E-state index contributed by atoms with van der Waals surface area (Å²) < 4.78 is 38.2. The van der Waals surface area contributed by atoms with Crippen LogP contribution in [-0.2, 0) is 10.0 Å². The number of aryl methyl sites for hydroxylation is 1. The summed E-state index contributed by atoms with van der Waals surface area (Å²) in [4.78, 5) is 22.5. The molecule has 0 aliphatic carbocycles. The van der Waals surface area contributed by atoms with Crippen molar-refractivity contribution in [3.05, 3.63) is 67.5 Å². The van der Waals surface area contributed by atoms with Crippen molar-refractivity contribution in [1.29, 1.82) is 0 Å². The van der Waals surface area contributed by atoms with Crippen LogP contribution < -0.4 is 10.4 Å². The molecule has 1 saturated heterocycles. The maximum absolute atomic E-state index is 13.0. The largest absolute Gasteiger partial charge is 0.448 e. The lowest BCUT2D eigenvalue weighted by atomic mass is 10.0. The van der Waals surface area contributed by atoms with Crippen LogP contribution in [0.3, 0.4) is 0 Å². The lowest BCUT2D eigenvalue weighted by molar-refractivity contribution is -0.385. The average Bonchev–Trinajstić information content (AvgIpc) is 2.75. The molecule has 1 aliphatic rings. The first kappa shape index (κ1) is 23.2. The van der Waals surface area contributed by atoms with Crippen molar-refractivity contribution < 1.29 is 22.5 Å². The Bertz CT molecular complexity index is 1410. The summed E-state index contributed by atoms with van der Waals surface area (Å²) >= 11 is 6.30. The molecular weight excluding hydrogens is 472 g/mol. The van der Waals surface area contributed by atoms with Crippen LogP contribution in [0.4, 0.5) is 5.69 Å². The predicted molar refractivity (Wildman–Crippen MR) is 123 cm³/mol. The molecular formula is C22H21ClN2O7S. The van der Waals surface area contributed by atoms with Crippen LogP contribution in [0.25, 0.3) is 11.0 Å². The third kappa shape index (κ3) is 4.59. The summed E-state index contributed by atoms with van der Waals surface area (Å²) in [6.07, 6.45) is 1.47. The zero-order valence-electron chi connectivity index (χ0n) is 17.9. The van der Waals surface area contributed by atoms with E-state index in [4.69, 9.17) is 20.8 Å². The SMILES string of the molecule is Cc1cc(=O)oc2cc(Oc3ccc(S(=O)(=O)N4CCC(C)CC4)cc3[N+](=O)[O-])c(Cl)cc12. The first-order valence-corrected chi connectivity index (χ1v) is 12.1. The minimum atomic E-state index is -3.88. The molecule has 0 unspecified atom stereocenters. The van der Waals surface area contributed by atoms with Crippen molar-refractivity contribution >= 4 is 38.3 Å². The molecule has 1 aromatic heterocycles. The molecule has 0 saturated carbocycles. The van der Waals surface area contributed by atoms with Crippen molar-refractivity contribution in [1.82, 2.24) is 4.31 Å². The van der Waals surface area contributed by atoms with Crippen LogP contribution in [0.1, 0.15) is 25.3 Å². The maximum atomic E-state index is 13.0. The molecule has 0 spiro atoms. The topological polar surface area (TPSA) is 120 Å². The van der Waals surface area contributed by atoms with E-state index in [2.05, 4.69) is 6.92 Å². The van der Waals surface area contributed by atoms with Crippen molar-refractivity contribution in [2.45, 2.75) is 31.6 Å². The molecule has 11 heteroatoms. The summed E-state index contributed by atoms with van der Waals surface area (Å²) in [5.74, 6) is 0.269. The van der Waals surface area contributed by atoms with E-state index >= 15 is 0 Å². The summed E-state index contributed by atoms with van der Waals surface area (Å²) in [6.45, 7) is 4.52. The second-order valence-electron chi connectivity index (χ2n) is 8.10. The Morgan fingerprint density at radius 2 is 1.85 bits per heavy atom. The summed E-state index contributed by atoms with van der Waals surface area (Å²) in [5, 5.41) is 12.5. The van der Waals surface area contributed by atoms with Crippen molar-refractivity contribution in [2.75, 3.05) is 13.1 Å². The van der Waals surface area contributed by atoms with E-state index in [1.54, 1.807) is 6.92 Å². The van der Waals surface area contributed by atoms with Gasteiger partial charge in [0, 0.05) is 36.7 Å². The maximum Gasteiger partial charge on any atom is 0.336 e. The molecule has 0 radical (unpaired) electrons. The number of nitro groups is 1. The Labute approximate surface area is 194 Å². The molecule has 1 fully saturated rings. The average molecular weight is 493 g/mol. The monoisotopic (exact) mass is 492 g/mol. The van der Waals surface area contributed by atoms with Gasteiger partial charge in [0.15, 0.2) is 0 Å². The van der Waals surface area contributed by atoms with Gasteiger partial charge < -0.3 is 9.15 Å². The Hall–Kier alpha value is -2.95. The number of halogens is 1. The molecule has 33 heavy (non-hydrogen) atoms. The highest BCUT2D eigenvalue weighted by molar-refractivity contribution is 7.89. The van der Waals surface area contributed by atoms with E-state index in [0.29, 0.717) is 30.0 Å². The van der Waals surface area contributed by atoms with Crippen molar-refractivity contribution in [3.63, 3.8) is 0 Å². The summed E-state index contributed by atoms with van der Waals surface area (Å²) in [7, 11) is -3.88. The Morgan fingerprint density at radius 1 is 1.15 bits per heavy atom. The van der Waals surface area contributed by atoms with Crippen LogP contribution in [0.2, 0.25) is 5.02 Å². The van der Waals surface area contributed by atoms with Crippen LogP contribution in [0, 0.1) is 23.0 Å². The van der Waals surface area contributed by atoms with Gasteiger partial charge in [0.05, 0.1) is 14.8 Å². The van der Waals surface area contributed by atoms with Crippen LogP contribution in [-0.4, -0.2) is 30.7 Å². The molecule has 2 aromatic carbocycles. The molecule has 1 aliphatic heterocycles. The van der Waals surface area contributed by atoms with E-state index in [-0.39, 0.29) is 27.0 Å². The van der Waals surface area contributed by atoms with Gasteiger partial charge >= 0.3 is 11.3 Å². The molecule has 0 bridgehead atoms. The van der Waals surface area contributed by atoms with E-state index in [1.165, 1.54) is 34.6 Å². The van der Waals surface area contributed by atoms with E-state index in [1.807, 2.05) is 0 Å². The van der Waals surface area contributed by atoms with Gasteiger partial charge in [-0.1, -0.05) is 18.5 Å². The standard InChI is InChI=1S/C22H21ClN2O7S/c1-13-5-7-24(8-6-13)33(29,30)15-3-4-19(18(10-15)25(27)28)31-21-12-20-16(11-17(21)23)14(2)9-22(26)32-20/h3-4,9-13H,5-8H2,1-2H3. The summed E-state index contributed by atoms with van der Waals surface area (Å²) in [6, 6.07) is 7.72. The Balaban J connectivity index is 1.71. The van der Waals surface area contributed by atoms with E-state index in [9.17, 15) is 23.3 Å². The van der Waals surface area contributed by atoms with Crippen LogP contribution in [0.5, 0.6) is 11.5 Å². The number of piperidine rings is 1. The van der Waals surface area contributed by atoms with Gasteiger partial charge in [-0.05, 0) is 49.4 Å². The zero-order valence-corrected chi connectivity index (χ0v) is 19.5. The Morgan fingerprint density at radius 3 is 2.52 bits per heavy atom. The molecule has 2 heterocycles. The first-order valence-electron chi connectivity index (χ1n) is 10.3. The Kier molecular flexibility index (Phi) is 6.17. The van der Waals surface area contributed by atoms with Gasteiger partial charge in [-0.25, -0.2) is 13.2 Å². The minimum absolute atomic E-state index is 0.0293. The lowest BCUT2D eigenvalue weighted by Crippen LogP contribution is -2.37. The number of ether oxygens (including phenoxy) is 1. The number of hydrogen-bond donors (Lipinski definition) is 0. The molecule has 0 amide bonds. The van der Waals surface area contributed by atoms with E-state index in [0.717, 1.165) is 18.9 Å². The third-order valence-electron chi connectivity index (χ3n) is 5.73. The van der Waals surface area contributed by atoms with Gasteiger partial charge in [0.25, 0.3) is 0 Å². The third-order valence-corrected chi connectivity index (χ3v) is 7.92. The fraction of sp³-hybridized carbons (Fsp3) is 0.318. The lowest BCUT2D eigenvalue weighted by Gasteiger charge is -2.29. The predicted octanol–water partition coefficient (Wildman–Crippen LogP) is 4.88. The highest BCUT2D eigenvalue weighted by atomic mass is 35.5. The highest BCUT2D eigenvalue weighted by Gasteiger charge is 2.30. The van der Waals surface area contributed by atoms with Gasteiger partial charge in [-0.15, -0.1) is 0 Å². The molecule has 9 nitrogen and oxygen atoms in total. The van der Waals surface area contributed by atoms with Crippen molar-refractivity contribution in [3.8, 4) is 11.5 Å². The van der Waals surface area contributed by atoms with Gasteiger partial charge in [-0.3, -0.25) is 10.1 Å². The fourth-order valence-electron chi connectivity index (χ4n) is 3.78. The quantitative estimate of drug-likeness (QED) is 0.283. The second kappa shape index (κ2) is 8.77. The smallest absolute Gasteiger partial charge is 0.336 e. The number of nitro benzene ring substituents is 1. The van der Waals surface area contributed by atoms with E-state index < -0.39 is 26.3 Å². The van der Waals surface area contributed by atoms with Crippen molar-refractivity contribution in [2.24, 2.45) is 5.92 Å². The fourth-order valence-corrected chi connectivity index (χ4v) is 5.47. The van der Waals surface area contributed by atoms with Gasteiger partial charge in [0.2, 0.25) is 15.8 Å². The number of benzene rings is 2. The van der Waals surface area contributed by atoms with Crippen LogP contribution in [0.15, 0.2) is 50.5 Å². The first-order chi connectivity index (χ1) is 15.6. The number of sulfonamides is 1. The number of nitrogens with zero attached hydrogens (tertiary/aromatic N) is 2. The number of rotatable bonds is 5. The molecule has 4 rings (SSSR count). The number of hydrogen-bond acceptors (Lipinski definition) is 7. The highest BCUT2D eigenvalue weighted by Crippen LogP contribution is 2.39.